The average Bonchev–Trinajstić information content (AvgIpc) is 2.30. The van der Waals surface area contributed by atoms with Crippen molar-refractivity contribution in [2.45, 2.75) is 45.1 Å². The molecule has 6 nitrogen and oxygen atoms in total. The van der Waals surface area contributed by atoms with Gasteiger partial charge in [-0.2, -0.15) is 0 Å². The number of hydrogen-bond donors (Lipinski definition) is 2. The van der Waals surface area contributed by atoms with Crippen LogP contribution in [-0.2, 0) is 19.1 Å². The molecule has 0 radical (unpaired) electrons. The topological polar surface area (TPSA) is 92.7 Å². The number of carboxylic acids is 1. The number of aliphatic carboxylic acids is 1. The second kappa shape index (κ2) is 8.55. The van der Waals surface area contributed by atoms with Crippen molar-refractivity contribution in [2.24, 2.45) is 0 Å². The molecular weight excluding hydrogens is 226 g/mol. The minimum atomic E-state index is -1.14. The summed E-state index contributed by atoms with van der Waals surface area (Å²) in [6.07, 6.45) is 1.91. The van der Waals surface area contributed by atoms with Gasteiger partial charge < -0.3 is 15.2 Å². The Morgan fingerprint density at radius 1 is 1.29 bits per heavy atom. The second-order valence-corrected chi connectivity index (χ2v) is 3.68. The van der Waals surface area contributed by atoms with E-state index in [4.69, 9.17) is 5.11 Å². The molecule has 0 aliphatic heterocycles. The molecule has 0 aromatic heterocycles. The maximum absolute atomic E-state index is 11.3. The van der Waals surface area contributed by atoms with Gasteiger partial charge >= 0.3 is 11.9 Å². The third-order valence-corrected chi connectivity index (χ3v) is 2.26. The predicted molar refractivity (Wildman–Crippen MR) is 60.3 cm³/mol. The third-order valence-electron chi connectivity index (χ3n) is 2.26. The van der Waals surface area contributed by atoms with Gasteiger partial charge in [0.2, 0.25) is 5.91 Å². The van der Waals surface area contributed by atoms with Crippen LogP contribution in [0.2, 0.25) is 0 Å². The number of carbonyl (C=O) groups excluding carboxylic acids is 2. The Morgan fingerprint density at radius 2 is 1.94 bits per heavy atom. The van der Waals surface area contributed by atoms with Gasteiger partial charge in [0.25, 0.3) is 0 Å². The van der Waals surface area contributed by atoms with Gasteiger partial charge in [0.15, 0.2) is 0 Å². The molecule has 0 aliphatic carbocycles. The molecule has 0 rings (SSSR count). The molecule has 1 amide bonds. The first kappa shape index (κ1) is 15.4. The summed E-state index contributed by atoms with van der Waals surface area (Å²) in [5.74, 6) is -1.93. The molecule has 2 N–H and O–H groups in total. The summed E-state index contributed by atoms with van der Waals surface area (Å²) in [5, 5.41) is 11.3. The van der Waals surface area contributed by atoms with Crippen LogP contribution in [0, 0.1) is 0 Å². The van der Waals surface area contributed by atoms with Gasteiger partial charge in [0.1, 0.15) is 6.04 Å². The Balaban J connectivity index is 4.10. The molecule has 0 aromatic rings. The molecule has 0 heterocycles. The Labute approximate surface area is 100 Å². The molecule has 1 atom stereocenters. The molecule has 17 heavy (non-hydrogen) atoms. The summed E-state index contributed by atoms with van der Waals surface area (Å²) in [6.45, 7) is 1.94. The quantitative estimate of drug-likeness (QED) is 0.614. The first-order valence-electron chi connectivity index (χ1n) is 5.60. The zero-order chi connectivity index (χ0) is 13.3. The highest BCUT2D eigenvalue weighted by molar-refractivity contribution is 5.83. The highest BCUT2D eigenvalue weighted by Crippen LogP contribution is 2.01. The number of hydrogen-bond acceptors (Lipinski definition) is 4. The molecule has 98 valence electrons. The molecule has 0 unspecified atom stereocenters. The Kier molecular flexibility index (Phi) is 7.75. The lowest BCUT2D eigenvalue weighted by molar-refractivity contribution is -0.144. The van der Waals surface area contributed by atoms with E-state index in [-0.39, 0.29) is 18.7 Å². The van der Waals surface area contributed by atoms with Crippen LogP contribution in [0.15, 0.2) is 0 Å². The summed E-state index contributed by atoms with van der Waals surface area (Å²) in [7, 11) is 1.23. The lowest BCUT2D eigenvalue weighted by atomic mass is 10.1. The molecule has 0 bridgehead atoms. The number of methoxy groups -OCH3 is 1. The van der Waals surface area contributed by atoms with Crippen molar-refractivity contribution in [1.82, 2.24) is 5.32 Å². The molecule has 0 saturated heterocycles. The van der Waals surface area contributed by atoms with Crippen molar-refractivity contribution in [3.05, 3.63) is 0 Å². The fourth-order valence-electron chi connectivity index (χ4n) is 1.23. The molecule has 0 aromatic carbocycles. The Bertz CT molecular complexity index is 277. The maximum Gasteiger partial charge on any atom is 0.326 e. The van der Waals surface area contributed by atoms with Gasteiger partial charge in [0, 0.05) is 12.8 Å². The van der Waals surface area contributed by atoms with Crippen LogP contribution in [-0.4, -0.2) is 36.1 Å². The number of rotatable bonds is 8. The van der Waals surface area contributed by atoms with Crippen LogP contribution < -0.4 is 5.32 Å². The fourth-order valence-corrected chi connectivity index (χ4v) is 1.23. The monoisotopic (exact) mass is 245 g/mol. The molecule has 6 heteroatoms. The molecule has 0 saturated carbocycles. The first-order valence-corrected chi connectivity index (χ1v) is 5.60. The molecular formula is C11H19NO5. The molecule has 0 fully saturated rings. The van der Waals surface area contributed by atoms with Crippen LogP contribution in [0.5, 0.6) is 0 Å². The van der Waals surface area contributed by atoms with Crippen molar-refractivity contribution in [3.63, 3.8) is 0 Å². The largest absolute Gasteiger partial charge is 0.480 e. The van der Waals surface area contributed by atoms with Crippen molar-refractivity contribution < 1.29 is 24.2 Å². The number of esters is 1. The fraction of sp³-hybridized carbons (Fsp3) is 0.727. The van der Waals surface area contributed by atoms with Crippen LogP contribution in [0.3, 0.4) is 0 Å². The highest BCUT2D eigenvalue weighted by atomic mass is 16.5. The Morgan fingerprint density at radius 3 is 2.41 bits per heavy atom. The maximum atomic E-state index is 11.3. The SMILES string of the molecule is CCCCC(=O)N[C@@H](CCC(=O)OC)C(=O)O. The van der Waals surface area contributed by atoms with Crippen LogP contribution in [0.25, 0.3) is 0 Å². The van der Waals surface area contributed by atoms with Crippen molar-refractivity contribution in [2.75, 3.05) is 7.11 Å². The minimum Gasteiger partial charge on any atom is -0.480 e. The zero-order valence-corrected chi connectivity index (χ0v) is 10.2. The summed E-state index contributed by atoms with van der Waals surface area (Å²) < 4.78 is 4.41. The van der Waals surface area contributed by atoms with Crippen LogP contribution >= 0.6 is 0 Å². The lowest BCUT2D eigenvalue weighted by Crippen LogP contribution is -2.41. The highest BCUT2D eigenvalue weighted by Gasteiger charge is 2.20. The van der Waals surface area contributed by atoms with E-state index in [0.717, 1.165) is 12.8 Å². The van der Waals surface area contributed by atoms with E-state index in [2.05, 4.69) is 10.1 Å². The van der Waals surface area contributed by atoms with E-state index in [1.54, 1.807) is 0 Å². The zero-order valence-electron chi connectivity index (χ0n) is 10.2. The number of unbranched alkanes of at least 4 members (excludes halogenated alkanes) is 1. The van der Waals surface area contributed by atoms with Crippen molar-refractivity contribution in [1.29, 1.82) is 0 Å². The number of ether oxygens (including phenoxy) is 1. The van der Waals surface area contributed by atoms with Gasteiger partial charge in [-0.3, -0.25) is 9.59 Å². The van der Waals surface area contributed by atoms with E-state index < -0.39 is 18.0 Å². The van der Waals surface area contributed by atoms with E-state index in [1.807, 2.05) is 6.92 Å². The van der Waals surface area contributed by atoms with Gasteiger partial charge in [0.05, 0.1) is 7.11 Å². The number of amides is 1. The normalized spacial score (nSPS) is 11.6. The van der Waals surface area contributed by atoms with Crippen LogP contribution in [0.1, 0.15) is 39.0 Å². The van der Waals surface area contributed by atoms with Gasteiger partial charge in [-0.05, 0) is 12.8 Å². The number of carbonyl (C=O) groups is 3. The van der Waals surface area contributed by atoms with E-state index in [1.165, 1.54) is 7.11 Å². The van der Waals surface area contributed by atoms with E-state index in [9.17, 15) is 14.4 Å². The first-order chi connectivity index (χ1) is 8.01. The average molecular weight is 245 g/mol. The Hall–Kier alpha value is -1.59. The summed E-state index contributed by atoms with van der Waals surface area (Å²) in [5.41, 5.74) is 0. The van der Waals surface area contributed by atoms with Gasteiger partial charge in [-0.1, -0.05) is 13.3 Å². The number of carboxylic acid groups (broad SMARTS) is 1. The minimum absolute atomic E-state index is 0.0263. The third kappa shape index (κ3) is 7.32. The summed E-state index contributed by atoms with van der Waals surface area (Å²) >= 11 is 0. The molecule has 0 aliphatic rings. The van der Waals surface area contributed by atoms with E-state index >= 15 is 0 Å². The molecule has 0 spiro atoms. The standard InChI is InChI=1S/C11H19NO5/c1-3-4-5-9(13)12-8(11(15)16)6-7-10(14)17-2/h8H,3-7H2,1-2H3,(H,12,13)(H,15,16)/t8-/m0/s1. The lowest BCUT2D eigenvalue weighted by Gasteiger charge is -2.13. The summed E-state index contributed by atoms with van der Waals surface area (Å²) in [4.78, 5) is 33.1. The summed E-state index contributed by atoms with van der Waals surface area (Å²) in [6, 6.07) is -1.03. The second-order valence-electron chi connectivity index (χ2n) is 3.68. The number of nitrogens with one attached hydrogen (secondary N) is 1. The van der Waals surface area contributed by atoms with Gasteiger partial charge in [-0.15, -0.1) is 0 Å². The van der Waals surface area contributed by atoms with Crippen LogP contribution in [0.4, 0.5) is 0 Å². The van der Waals surface area contributed by atoms with E-state index in [0.29, 0.717) is 6.42 Å². The van der Waals surface area contributed by atoms with Gasteiger partial charge in [-0.25, -0.2) is 4.79 Å². The van der Waals surface area contributed by atoms with Crippen molar-refractivity contribution in [3.8, 4) is 0 Å². The predicted octanol–water partition coefficient (Wildman–Crippen LogP) is 0.699. The smallest absolute Gasteiger partial charge is 0.326 e. The van der Waals surface area contributed by atoms with Crippen molar-refractivity contribution >= 4 is 17.8 Å².